The summed E-state index contributed by atoms with van der Waals surface area (Å²) in [6.45, 7) is 8.42. The smallest absolute Gasteiger partial charge is 0.275 e. The van der Waals surface area contributed by atoms with E-state index in [0.717, 1.165) is 23.8 Å². The second kappa shape index (κ2) is 8.90. The Balaban J connectivity index is 1.63. The first-order valence-electron chi connectivity index (χ1n) is 10.2. The van der Waals surface area contributed by atoms with Crippen molar-refractivity contribution in [1.29, 1.82) is 0 Å². The van der Waals surface area contributed by atoms with Crippen LogP contribution in [-0.2, 0) is 19.6 Å². The molecule has 154 valence electrons. The topological polar surface area (TPSA) is 50.5 Å². The fourth-order valence-electron chi connectivity index (χ4n) is 3.38. The first-order valence-corrected chi connectivity index (χ1v) is 11.0. The Hall–Kier alpha value is -2.83. The van der Waals surface area contributed by atoms with E-state index in [0.29, 0.717) is 11.5 Å². The Morgan fingerprint density at radius 1 is 0.967 bits per heavy atom. The molecule has 0 radical (unpaired) electrons. The molecule has 4 rings (SSSR count). The van der Waals surface area contributed by atoms with E-state index < -0.39 is 0 Å². The van der Waals surface area contributed by atoms with Gasteiger partial charge in [0.25, 0.3) is 5.56 Å². The minimum atomic E-state index is -0.117. The summed E-state index contributed by atoms with van der Waals surface area (Å²) in [5.41, 5.74) is 4.39. The monoisotopic (exact) mass is 418 g/mol. The van der Waals surface area contributed by atoms with Crippen LogP contribution in [0.2, 0.25) is 0 Å². The molecule has 0 saturated heterocycles. The summed E-state index contributed by atoms with van der Waals surface area (Å²) in [6.07, 6.45) is 0. The zero-order valence-corrected chi connectivity index (χ0v) is 18.4. The highest BCUT2D eigenvalue weighted by atomic mass is 32.1. The van der Waals surface area contributed by atoms with Crippen molar-refractivity contribution in [1.82, 2.24) is 19.5 Å². The van der Waals surface area contributed by atoms with E-state index in [2.05, 4.69) is 79.3 Å². The quantitative estimate of drug-likeness (QED) is 0.433. The standard InChI is InChI=1S/C24H26N4OS/c1-17(2)23-26-28-22(29)13-21(25-24(28)30-23)16-27(14-19-7-5-4-6-8-19)15-20-11-9-18(3)10-12-20/h4-13,17H,14-16H2,1-3H3. The van der Waals surface area contributed by atoms with Gasteiger partial charge in [0, 0.05) is 31.6 Å². The van der Waals surface area contributed by atoms with Crippen LogP contribution in [0.3, 0.4) is 0 Å². The zero-order chi connectivity index (χ0) is 21.1. The predicted octanol–water partition coefficient (Wildman–Crippen LogP) is 4.79. The van der Waals surface area contributed by atoms with Crippen LogP contribution in [0, 0.1) is 6.92 Å². The van der Waals surface area contributed by atoms with Gasteiger partial charge in [0.15, 0.2) is 0 Å². The van der Waals surface area contributed by atoms with Crippen molar-refractivity contribution in [3.63, 3.8) is 0 Å². The number of aromatic nitrogens is 3. The lowest BCUT2D eigenvalue weighted by Crippen LogP contribution is -2.25. The summed E-state index contributed by atoms with van der Waals surface area (Å²) in [5, 5.41) is 5.35. The molecule has 0 spiro atoms. The number of hydrogen-bond donors (Lipinski definition) is 0. The highest BCUT2D eigenvalue weighted by molar-refractivity contribution is 7.16. The minimum Gasteiger partial charge on any atom is -0.289 e. The lowest BCUT2D eigenvalue weighted by molar-refractivity contribution is 0.244. The van der Waals surface area contributed by atoms with Crippen molar-refractivity contribution in [2.75, 3.05) is 0 Å². The van der Waals surface area contributed by atoms with Crippen LogP contribution in [-0.4, -0.2) is 19.5 Å². The van der Waals surface area contributed by atoms with Crippen molar-refractivity contribution in [2.24, 2.45) is 0 Å². The van der Waals surface area contributed by atoms with E-state index in [1.807, 2.05) is 6.07 Å². The maximum absolute atomic E-state index is 12.6. The molecule has 0 N–H and O–H groups in total. The van der Waals surface area contributed by atoms with Gasteiger partial charge in [-0.2, -0.15) is 9.61 Å². The van der Waals surface area contributed by atoms with Crippen molar-refractivity contribution < 1.29 is 0 Å². The lowest BCUT2D eigenvalue weighted by Gasteiger charge is -2.22. The first-order chi connectivity index (χ1) is 14.5. The Morgan fingerprint density at radius 2 is 1.63 bits per heavy atom. The van der Waals surface area contributed by atoms with Gasteiger partial charge in [-0.3, -0.25) is 9.69 Å². The molecule has 0 unspecified atom stereocenters. The molecule has 5 nitrogen and oxygen atoms in total. The highest BCUT2D eigenvalue weighted by Gasteiger charge is 2.14. The van der Waals surface area contributed by atoms with E-state index in [4.69, 9.17) is 4.98 Å². The third-order valence-corrected chi connectivity index (χ3v) is 6.18. The van der Waals surface area contributed by atoms with Gasteiger partial charge in [-0.25, -0.2) is 4.98 Å². The van der Waals surface area contributed by atoms with Crippen LogP contribution >= 0.6 is 11.3 Å². The highest BCUT2D eigenvalue weighted by Crippen LogP contribution is 2.20. The third kappa shape index (κ3) is 4.83. The van der Waals surface area contributed by atoms with E-state index >= 15 is 0 Å². The van der Waals surface area contributed by atoms with Gasteiger partial charge in [0.05, 0.1) is 5.69 Å². The molecule has 2 aromatic carbocycles. The van der Waals surface area contributed by atoms with Crippen LogP contribution in [0.1, 0.15) is 47.2 Å². The molecule has 0 fully saturated rings. The number of rotatable bonds is 7. The van der Waals surface area contributed by atoms with Crippen molar-refractivity contribution >= 4 is 16.3 Å². The number of fused-ring (bicyclic) bond motifs is 1. The molecule has 2 heterocycles. The summed E-state index contributed by atoms with van der Waals surface area (Å²) >= 11 is 1.49. The van der Waals surface area contributed by atoms with Crippen LogP contribution in [0.4, 0.5) is 0 Å². The molecule has 30 heavy (non-hydrogen) atoms. The molecule has 2 aromatic heterocycles. The Morgan fingerprint density at radius 3 is 2.30 bits per heavy atom. The summed E-state index contributed by atoms with van der Waals surface area (Å²) in [4.78, 5) is 20.4. The average molecular weight is 419 g/mol. The maximum atomic E-state index is 12.6. The first kappa shape index (κ1) is 20.4. The van der Waals surface area contributed by atoms with Crippen LogP contribution < -0.4 is 5.56 Å². The molecule has 0 aliphatic carbocycles. The van der Waals surface area contributed by atoms with E-state index in [9.17, 15) is 4.79 Å². The van der Waals surface area contributed by atoms with E-state index in [-0.39, 0.29) is 11.5 Å². The van der Waals surface area contributed by atoms with Crippen LogP contribution in [0.25, 0.3) is 4.96 Å². The summed E-state index contributed by atoms with van der Waals surface area (Å²) in [7, 11) is 0. The Labute approximate surface area is 180 Å². The number of hydrogen-bond acceptors (Lipinski definition) is 5. The molecule has 6 heteroatoms. The molecule has 0 amide bonds. The Kier molecular flexibility index (Phi) is 6.06. The SMILES string of the molecule is Cc1ccc(CN(Cc2ccccc2)Cc2cc(=O)n3nc(C(C)C)sc3n2)cc1. The zero-order valence-electron chi connectivity index (χ0n) is 17.6. The number of aryl methyl sites for hydroxylation is 1. The normalized spacial score (nSPS) is 11.6. The largest absolute Gasteiger partial charge is 0.289 e. The summed E-state index contributed by atoms with van der Waals surface area (Å²) in [6, 6.07) is 20.6. The maximum Gasteiger partial charge on any atom is 0.275 e. The van der Waals surface area contributed by atoms with Gasteiger partial charge >= 0.3 is 0 Å². The van der Waals surface area contributed by atoms with Crippen LogP contribution in [0.5, 0.6) is 0 Å². The molecule has 0 saturated carbocycles. The third-order valence-electron chi connectivity index (χ3n) is 4.97. The number of nitrogens with zero attached hydrogens (tertiary/aromatic N) is 4. The fourth-order valence-corrected chi connectivity index (χ4v) is 4.30. The van der Waals surface area contributed by atoms with Gasteiger partial charge in [0.1, 0.15) is 5.01 Å². The van der Waals surface area contributed by atoms with Crippen molar-refractivity contribution in [2.45, 2.75) is 46.3 Å². The molecular formula is C24H26N4OS. The Bertz CT molecular complexity index is 1180. The van der Waals surface area contributed by atoms with Gasteiger partial charge < -0.3 is 0 Å². The van der Waals surface area contributed by atoms with Gasteiger partial charge in [0.2, 0.25) is 4.96 Å². The van der Waals surface area contributed by atoms with Crippen molar-refractivity contribution in [3.05, 3.63) is 98.4 Å². The molecule has 0 aliphatic heterocycles. The molecular weight excluding hydrogens is 392 g/mol. The second-order valence-corrected chi connectivity index (χ2v) is 8.98. The molecule has 0 atom stereocenters. The number of benzene rings is 2. The second-order valence-electron chi connectivity index (χ2n) is 7.99. The van der Waals surface area contributed by atoms with Gasteiger partial charge in [-0.1, -0.05) is 85.3 Å². The van der Waals surface area contributed by atoms with Gasteiger partial charge in [-0.15, -0.1) is 0 Å². The molecule has 0 aliphatic rings. The average Bonchev–Trinajstić information content (AvgIpc) is 3.16. The predicted molar refractivity (Wildman–Crippen MR) is 122 cm³/mol. The van der Waals surface area contributed by atoms with Gasteiger partial charge in [-0.05, 0) is 18.1 Å². The van der Waals surface area contributed by atoms with Crippen LogP contribution in [0.15, 0.2) is 65.5 Å². The van der Waals surface area contributed by atoms with E-state index in [1.165, 1.54) is 32.5 Å². The lowest BCUT2D eigenvalue weighted by atomic mass is 10.1. The van der Waals surface area contributed by atoms with E-state index in [1.54, 1.807) is 6.07 Å². The fraction of sp³-hybridized carbons (Fsp3) is 0.292. The summed E-state index contributed by atoms with van der Waals surface area (Å²) in [5.74, 6) is 0.274. The van der Waals surface area contributed by atoms with Crippen molar-refractivity contribution in [3.8, 4) is 0 Å². The minimum absolute atomic E-state index is 0.117. The molecule has 0 bridgehead atoms. The molecule has 4 aromatic rings. The summed E-state index contributed by atoms with van der Waals surface area (Å²) < 4.78 is 1.42.